The Labute approximate surface area is 196 Å². The highest BCUT2D eigenvalue weighted by Crippen LogP contribution is 2.28. The predicted molar refractivity (Wildman–Crippen MR) is 134 cm³/mol. The topological polar surface area (TPSA) is 92.3 Å². The van der Waals surface area contributed by atoms with E-state index in [1.807, 2.05) is 42.5 Å². The molecule has 0 unspecified atom stereocenters. The fraction of sp³-hybridized carbons (Fsp3) is 0.370. The monoisotopic (exact) mass is 446 g/mol. The summed E-state index contributed by atoms with van der Waals surface area (Å²) in [4.78, 5) is 22.0. The number of nitrogens with two attached hydrogens (primary N) is 1. The first kappa shape index (κ1) is 24.4. The molecule has 0 amide bonds. The second kappa shape index (κ2) is 11.1. The van der Waals surface area contributed by atoms with E-state index in [0.717, 1.165) is 47.2 Å². The van der Waals surface area contributed by atoms with Crippen LogP contribution in [-0.4, -0.2) is 46.1 Å². The fourth-order valence-corrected chi connectivity index (χ4v) is 4.15. The van der Waals surface area contributed by atoms with Crippen molar-refractivity contribution in [1.29, 1.82) is 0 Å². The molecule has 0 aliphatic heterocycles. The van der Waals surface area contributed by atoms with Gasteiger partial charge in [-0.3, -0.25) is 9.69 Å². The molecule has 0 aliphatic rings. The van der Waals surface area contributed by atoms with Crippen LogP contribution in [0.25, 0.3) is 22.5 Å². The Hall–Kier alpha value is -3.25. The lowest BCUT2D eigenvalue weighted by molar-refractivity contribution is -0.137. The van der Waals surface area contributed by atoms with E-state index in [1.54, 1.807) is 0 Å². The van der Waals surface area contributed by atoms with Gasteiger partial charge in [-0.05, 0) is 60.5 Å². The highest BCUT2D eigenvalue weighted by molar-refractivity contribution is 5.70. The number of hydrogen-bond acceptors (Lipinski definition) is 5. The summed E-state index contributed by atoms with van der Waals surface area (Å²) in [7, 11) is 1.83. The Kier molecular flexibility index (Phi) is 8.17. The van der Waals surface area contributed by atoms with Crippen molar-refractivity contribution >= 4 is 11.7 Å². The number of carbonyl (C=O) groups is 1. The van der Waals surface area contributed by atoms with E-state index in [9.17, 15) is 4.79 Å². The van der Waals surface area contributed by atoms with E-state index in [4.69, 9.17) is 10.8 Å². The number of rotatable bonds is 10. The lowest BCUT2D eigenvalue weighted by Crippen LogP contribution is -2.27. The van der Waals surface area contributed by atoms with E-state index in [-0.39, 0.29) is 6.54 Å². The highest BCUT2D eigenvalue weighted by atomic mass is 16.4. The molecule has 0 fully saturated rings. The maximum atomic E-state index is 10.9. The number of carboxylic acids is 1. The van der Waals surface area contributed by atoms with Gasteiger partial charge in [-0.1, -0.05) is 51.1 Å². The Morgan fingerprint density at radius 1 is 1.09 bits per heavy atom. The van der Waals surface area contributed by atoms with Crippen molar-refractivity contribution in [2.45, 2.75) is 40.0 Å². The summed E-state index contributed by atoms with van der Waals surface area (Å²) in [6.45, 7) is 7.23. The first-order valence-electron chi connectivity index (χ1n) is 11.5. The molecule has 1 heterocycles. The van der Waals surface area contributed by atoms with Gasteiger partial charge in [-0.15, -0.1) is 0 Å². The molecular weight excluding hydrogens is 412 g/mol. The SMILES string of the molecule is CCc1c(CCN(C)CC(=O)O)cccc1-c1cnc(-c2ccc(CC(C)C)c(N)c2)nc1. The second-order valence-corrected chi connectivity index (χ2v) is 8.99. The van der Waals surface area contributed by atoms with Gasteiger partial charge in [-0.25, -0.2) is 9.97 Å². The number of hydrogen-bond donors (Lipinski definition) is 2. The molecule has 0 atom stereocenters. The average Bonchev–Trinajstić information content (AvgIpc) is 2.78. The molecule has 0 saturated heterocycles. The number of nitrogen functional groups attached to an aromatic ring is 1. The molecule has 174 valence electrons. The van der Waals surface area contributed by atoms with Gasteiger partial charge in [0.2, 0.25) is 0 Å². The van der Waals surface area contributed by atoms with Gasteiger partial charge in [0.25, 0.3) is 0 Å². The summed E-state index contributed by atoms with van der Waals surface area (Å²) in [5.41, 5.74) is 13.7. The quantitative estimate of drug-likeness (QED) is 0.438. The minimum atomic E-state index is -0.810. The minimum absolute atomic E-state index is 0.0411. The summed E-state index contributed by atoms with van der Waals surface area (Å²) in [5.74, 6) is 0.399. The number of aliphatic carboxylic acids is 1. The maximum absolute atomic E-state index is 10.9. The minimum Gasteiger partial charge on any atom is -0.480 e. The Balaban J connectivity index is 1.82. The van der Waals surface area contributed by atoms with Gasteiger partial charge in [0.05, 0.1) is 6.54 Å². The van der Waals surface area contributed by atoms with Crippen LogP contribution in [0.4, 0.5) is 5.69 Å². The zero-order chi connectivity index (χ0) is 24.0. The van der Waals surface area contributed by atoms with E-state index in [1.165, 1.54) is 11.1 Å². The molecular formula is C27H34N4O2. The van der Waals surface area contributed by atoms with Gasteiger partial charge in [-0.2, -0.15) is 0 Å². The lowest BCUT2D eigenvalue weighted by atomic mass is 9.93. The zero-order valence-corrected chi connectivity index (χ0v) is 20.0. The second-order valence-electron chi connectivity index (χ2n) is 8.99. The third kappa shape index (κ3) is 6.39. The van der Waals surface area contributed by atoms with Gasteiger partial charge in [0.1, 0.15) is 0 Å². The molecule has 0 aliphatic carbocycles. The van der Waals surface area contributed by atoms with Gasteiger partial charge < -0.3 is 10.8 Å². The average molecular weight is 447 g/mol. The molecule has 3 aromatic rings. The Bertz CT molecular complexity index is 1090. The van der Waals surface area contributed by atoms with Crippen LogP contribution in [0, 0.1) is 5.92 Å². The van der Waals surface area contributed by atoms with Crippen molar-refractivity contribution in [1.82, 2.24) is 14.9 Å². The van der Waals surface area contributed by atoms with Gasteiger partial charge in [0, 0.05) is 35.8 Å². The lowest BCUT2D eigenvalue weighted by Gasteiger charge is -2.17. The first-order chi connectivity index (χ1) is 15.8. The van der Waals surface area contributed by atoms with Crippen LogP contribution in [0.15, 0.2) is 48.8 Å². The molecule has 0 radical (unpaired) electrons. The van der Waals surface area contributed by atoms with Gasteiger partial charge in [0.15, 0.2) is 5.82 Å². The smallest absolute Gasteiger partial charge is 0.317 e. The molecule has 3 N–H and O–H groups in total. The van der Waals surface area contributed by atoms with E-state index >= 15 is 0 Å². The Morgan fingerprint density at radius 3 is 2.42 bits per heavy atom. The maximum Gasteiger partial charge on any atom is 0.317 e. The molecule has 3 rings (SSSR count). The number of aromatic nitrogens is 2. The van der Waals surface area contributed by atoms with Crippen molar-refractivity contribution in [3.63, 3.8) is 0 Å². The third-order valence-corrected chi connectivity index (χ3v) is 5.79. The van der Waals surface area contributed by atoms with E-state index in [0.29, 0.717) is 18.3 Å². The summed E-state index contributed by atoms with van der Waals surface area (Å²) in [5, 5.41) is 8.98. The Morgan fingerprint density at radius 2 is 1.82 bits per heavy atom. The summed E-state index contributed by atoms with van der Waals surface area (Å²) in [6, 6.07) is 12.3. The molecule has 33 heavy (non-hydrogen) atoms. The zero-order valence-electron chi connectivity index (χ0n) is 20.0. The molecule has 1 aromatic heterocycles. The standard InChI is InChI=1S/C27H34N4O2/c1-5-23-19(11-12-31(4)17-26(32)33)7-6-8-24(23)22-15-29-27(30-16-22)21-10-9-20(13-18(2)3)25(28)14-21/h6-10,14-16,18H,5,11-13,17,28H2,1-4H3,(H,32,33). The van der Waals surface area contributed by atoms with Crippen LogP contribution in [-0.2, 0) is 24.1 Å². The van der Waals surface area contributed by atoms with Gasteiger partial charge >= 0.3 is 5.97 Å². The third-order valence-electron chi connectivity index (χ3n) is 5.79. The molecule has 6 nitrogen and oxygen atoms in total. The van der Waals surface area contributed by atoms with Crippen molar-refractivity contribution in [2.75, 3.05) is 25.9 Å². The van der Waals surface area contributed by atoms with Crippen molar-refractivity contribution < 1.29 is 9.90 Å². The summed E-state index contributed by atoms with van der Waals surface area (Å²) >= 11 is 0. The summed E-state index contributed by atoms with van der Waals surface area (Å²) in [6.07, 6.45) is 6.37. The number of likely N-dealkylation sites (N-methyl/N-ethyl adjacent to an activating group) is 1. The van der Waals surface area contributed by atoms with Crippen molar-refractivity contribution in [2.24, 2.45) is 5.92 Å². The van der Waals surface area contributed by atoms with Crippen LogP contribution < -0.4 is 5.73 Å². The first-order valence-corrected chi connectivity index (χ1v) is 11.5. The molecule has 0 spiro atoms. The van der Waals surface area contributed by atoms with Crippen molar-refractivity contribution in [3.05, 3.63) is 65.5 Å². The summed E-state index contributed by atoms with van der Waals surface area (Å²) < 4.78 is 0. The van der Waals surface area contributed by atoms with Crippen LogP contribution >= 0.6 is 0 Å². The number of nitrogens with zero attached hydrogens (tertiary/aromatic N) is 3. The highest BCUT2D eigenvalue weighted by Gasteiger charge is 2.12. The van der Waals surface area contributed by atoms with E-state index in [2.05, 4.69) is 48.9 Å². The van der Waals surface area contributed by atoms with Crippen LogP contribution in [0.3, 0.4) is 0 Å². The number of benzene rings is 2. The predicted octanol–water partition coefficient (Wildman–Crippen LogP) is 4.71. The fourth-order valence-electron chi connectivity index (χ4n) is 4.15. The van der Waals surface area contributed by atoms with Crippen LogP contribution in [0.2, 0.25) is 0 Å². The molecule has 2 aromatic carbocycles. The van der Waals surface area contributed by atoms with E-state index < -0.39 is 5.97 Å². The van der Waals surface area contributed by atoms with Crippen LogP contribution in [0.5, 0.6) is 0 Å². The van der Waals surface area contributed by atoms with Crippen LogP contribution in [0.1, 0.15) is 37.5 Å². The normalized spacial score (nSPS) is 11.3. The molecule has 6 heteroatoms. The molecule has 0 saturated carbocycles. The van der Waals surface area contributed by atoms with Crippen molar-refractivity contribution in [3.8, 4) is 22.5 Å². The number of carboxylic acid groups (broad SMARTS) is 1. The number of anilines is 1. The largest absolute Gasteiger partial charge is 0.480 e. The molecule has 0 bridgehead atoms.